The lowest BCUT2D eigenvalue weighted by atomic mass is 10.2. The van der Waals surface area contributed by atoms with Gasteiger partial charge in [-0.15, -0.1) is 11.6 Å². The van der Waals surface area contributed by atoms with Gasteiger partial charge in [-0.3, -0.25) is 4.79 Å². The number of carbonyl (C=O) groups is 1. The molecule has 0 saturated heterocycles. The summed E-state index contributed by atoms with van der Waals surface area (Å²) in [6, 6.07) is 10.0. The van der Waals surface area contributed by atoms with E-state index in [0.717, 1.165) is 24.9 Å². The average Bonchev–Trinajstić information content (AvgIpc) is 2.34. The van der Waals surface area contributed by atoms with Crippen molar-refractivity contribution in [3.8, 4) is 0 Å². The van der Waals surface area contributed by atoms with Crippen molar-refractivity contribution in [2.75, 3.05) is 6.54 Å². The molecule has 1 rings (SSSR count). The maximum atomic E-state index is 11.9. The molecule has 3 heteroatoms. The molecular formula is C14H20ClNO. The molecule has 1 atom stereocenters. The SMILES string of the molecule is CCCCN(Cc1ccccc1)C(=O)[C@H](C)Cl. The summed E-state index contributed by atoms with van der Waals surface area (Å²) in [6.45, 7) is 5.28. The molecule has 0 radical (unpaired) electrons. The molecule has 0 heterocycles. The molecule has 0 aromatic heterocycles. The van der Waals surface area contributed by atoms with Crippen molar-refractivity contribution in [2.24, 2.45) is 0 Å². The fraction of sp³-hybridized carbons (Fsp3) is 0.500. The summed E-state index contributed by atoms with van der Waals surface area (Å²) in [5.41, 5.74) is 1.15. The van der Waals surface area contributed by atoms with E-state index in [1.807, 2.05) is 35.2 Å². The molecule has 1 aromatic carbocycles. The largest absolute Gasteiger partial charge is 0.337 e. The van der Waals surface area contributed by atoms with Crippen LogP contribution in [0.1, 0.15) is 32.3 Å². The van der Waals surface area contributed by atoms with Gasteiger partial charge in [0.1, 0.15) is 5.38 Å². The van der Waals surface area contributed by atoms with Crippen molar-refractivity contribution in [1.29, 1.82) is 0 Å². The molecule has 0 bridgehead atoms. The maximum absolute atomic E-state index is 11.9. The summed E-state index contributed by atoms with van der Waals surface area (Å²) < 4.78 is 0. The zero-order chi connectivity index (χ0) is 12.7. The molecule has 0 aliphatic rings. The monoisotopic (exact) mass is 253 g/mol. The zero-order valence-electron chi connectivity index (χ0n) is 10.5. The number of halogens is 1. The number of nitrogens with zero attached hydrogens (tertiary/aromatic N) is 1. The molecular weight excluding hydrogens is 234 g/mol. The second-order valence-corrected chi connectivity index (χ2v) is 4.87. The van der Waals surface area contributed by atoms with Gasteiger partial charge in [-0.05, 0) is 18.9 Å². The van der Waals surface area contributed by atoms with E-state index >= 15 is 0 Å². The Morgan fingerprint density at radius 1 is 1.35 bits per heavy atom. The zero-order valence-corrected chi connectivity index (χ0v) is 11.3. The quantitative estimate of drug-likeness (QED) is 0.712. The minimum atomic E-state index is -0.449. The predicted molar refractivity (Wildman–Crippen MR) is 72.1 cm³/mol. The number of amides is 1. The summed E-state index contributed by atoms with van der Waals surface area (Å²) in [7, 11) is 0. The minimum absolute atomic E-state index is 0.0176. The van der Waals surface area contributed by atoms with E-state index in [9.17, 15) is 4.79 Å². The third-order valence-electron chi connectivity index (χ3n) is 2.65. The van der Waals surface area contributed by atoms with Gasteiger partial charge in [-0.1, -0.05) is 43.7 Å². The van der Waals surface area contributed by atoms with Crippen molar-refractivity contribution in [2.45, 2.75) is 38.6 Å². The van der Waals surface area contributed by atoms with Gasteiger partial charge in [-0.25, -0.2) is 0 Å². The summed E-state index contributed by atoms with van der Waals surface area (Å²) in [5.74, 6) is 0.0176. The van der Waals surface area contributed by atoms with Gasteiger partial charge in [0.2, 0.25) is 5.91 Å². The van der Waals surface area contributed by atoms with E-state index in [4.69, 9.17) is 11.6 Å². The number of alkyl halides is 1. The van der Waals surface area contributed by atoms with Crippen LogP contribution in [-0.2, 0) is 11.3 Å². The highest BCUT2D eigenvalue weighted by Crippen LogP contribution is 2.10. The van der Waals surface area contributed by atoms with Gasteiger partial charge in [0.25, 0.3) is 0 Å². The van der Waals surface area contributed by atoms with E-state index < -0.39 is 5.38 Å². The molecule has 1 aromatic rings. The van der Waals surface area contributed by atoms with Crippen LogP contribution in [0, 0.1) is 0 Å². The molecule has 0 fully saturated rings. The first-order valence-electron chi connectivity index (χ1n) is 6.12. The smallest absolute Gasteiger partial charge is 0.240 e. The Balaban J connectivity index is 2.66. The molecule has 0 N–H and O–H groups in total. The number of hydrogen-bond donors (Lipinski definition) is 0. The number of rotatable bonds is 6. The van der Waals surface area contributed by atoms with E-state index in [2.05, 4.69) is 6.92 Å². The molecule has 94 valence electrons. The van der Waals surface area contributed by atoms with Crippen LogP contribution in [0.15, 0.2) is 30.3 Å². The summed E-state index contributed by atoms with van der Waals surface area (Å²) in [4.78, 5) is 13.8. The van der Waals surface area contributed by atoms with E-state index in [1.165, 1.54) is 0 Å². The second kappa shape index (κ2) is 7.33. The van der Waals surface area contributed by atoms with Crippen LogP contribution in [-0.4, -0.2) is 22.7 Å². The van der Waals surface area contributed by atoms with Crippen LogP contribution in [0.5, 0.6) is 0 Å². The first-order chi connectivity index (χ1) is 8.15. The van der Waals surface area contributed by atoms with Crippen LogP contribution in [0.2, 0.25) is 0 Å². The van der Waals surface area contributed by atoms with Crippen molar-refractivity contribution in [3.63, 3.8) is 0 Å². The third kappa shape index (κ3) is 4.78. The highest BCUT2D eigenvalue weighted by atomic mass is 35.5. The molecule has 0 aliphatic heterocycles. The van der Waals surface area contributed by atoms with Crippen molar-refractivity contribution in [3.05, 3.63) is 35.9 Å². The predicted octanol–water partition coefficient (Wildman–Crippen LogP) is 3.44. The number of carbonyl (C=O) groups excluding carboxylic acids is 1. The Bertz CT molecular complexity index is 337. The maximum Gasteiger partial charge on any atom is 0.240 e. The van der Waals surface area contributed by atoms with E-state index in [0.29, 0.717) is 6.54 Å². The average molecular weight is 254 g/mol. The molecule has 0 saturated carbocycles. The lowest BCUT2D eigenvalue weighted by molar-refractivity contribution is -0.131. The van der Waals surface area contributed by atoms with Crippen LogP contribution in [0.4, 0.5) is 0 Å². The molecule has 0 unspecified atom stereocenters. The van der Waals surface area contributed by atoms with Gasteiger partial charge in [-0.2, -0.15) is 0 Å². The molecule has 2 nitrogen and oxygen atoms in total. The topological polar surface area (TPSA) is 20.3 Å². The number of benzene rings is 1. The normalized spacial score (nSPS) is 12.2. The number of unbranched alkanes of at least 4 members (excludes halogenated alkanes) is 1. The Morgan fingerprint density at radius 2 is 2.00 bits per heavy atom. The van der Waals surface area contributed by atoms with Crippen molar-refractivity contribution in [1.82, 2.24) is 4.90 Å². The highest BCUT2D eigenvalue weighted by Gasteiger charge is 2.17. The summed E-state index contributed by atoms with van der Waals surface area (Å²) >= 11 is 5.88. The van der Waals surface area contributed by atoms with E-state index in [-0.39, 0.29) is 5.91 Å². The molecule has 17 heavy (non-hydrogen) atoms. The van der Waals surface area contributed by atoms with Gasteiger partial charge >= 0.3 is 0 Å². The molecule has 1 amide bonds. The Morgan fingerprint density at radius 3 is 2.53 bits per heavy atom. The summed E-state index contributed by atoms with van der Waals surface area (Å²) in [6.07, 6.45) is 2.09. The fourth-order valence-corrected chi connectivity index (χ4v) is 1.81. The minimum Gasteiger partial charge on any atom is -0.337 e. The van der Waals surface area contributed by atoms with Crippen LogP contribution < -0.4 is 0 Å². The van der Waals surface area contributed by atoms with Crippen LogP contribution >= 0.6 is 11.6 Å². The molecule has 0 aliphatic carbocycles. The molecule has 0 spiro atoms. The Kier molecular flexibility index (Phi) is 6.06. The first kappa shape index (κ1) is 14.0. The summed E-state index contributed by atoms with van der Waals surface area (Å²) in [5, 5.41) is -0.449. The highest BCUT2D eigenvalue weighted by molar-refractivity contribution is 6.30. The third-order valence-corrected chi connectivity index (χ3v) is 2.84. The number of hydrogen-bond acceptors (Lipinski definition) is 1. The van der Waals surface area contributed by atoms with Gasteiger partial charge < -0.3 is 4.90 Å². The Hall–Kier alpha value is -1.02. The lowest BCUT2D eigenvalue weighted by Gasteiger charge is -2.23. The lowest BCUT2D eigenvalue weighted by Crippen LogP contribution is -2.36. The van der Waals surface area contributed by atoms with E-state index in [1.54, 1.807) is 6.92 Å². The Labute approximate surface area is 109 Å². The van der Waals surface area contributed by atoms with Gasteiger partial charge in [0.05, 0.1) is 0 Å². The van der Waals surface area contributed by atoms with Crippen molar-refractivity contribution < 1.29 is 4.79 Å². The van der Waals surface area contributed by atoms with Crippen LogP contribution in [0.25, 0.3) is 0 Å². The standard InChI is InChI=1S/C14H20ClNO/c1-3-4-10-16(14(17)12(2)15)11-13-8-6-5-7-9-13/h5-9,12H,3-4,10-11H2,1-2H3/t12-/m0/s1. The van der Waals surface area contributed by atoms with Crippen molar-refractivity contribution >= 4 is 17.5 Å². The fourth-order valence-electron chi connectivity index (χ4n) is 1.67. The van der Waals surface area contributed by atoms with Crippen LogP contribution in [0.3, 0.4) is 0 Å². The first-order valence-corrected chi connectivity index (χ1v) is 6.55. The van der Waals surface area contributed by atoms with Gasteiger partial charge in [0.15, 0.2) is 0 Å². The second-order valence-electron chi connectivity index (χ2n) is 4.21. The van der Waals surface area contributed by atoms with Gasteiger partial charge in [0, 0.05) is 13.1 Å².